The second-order valence-electron chi connectivity index (χ2n) is 7.56. The van der Waals surface area contributed by atoms with Gasteiger partial charge < -0.3 is 19.5 Å². The van der Waals surface area contributed by atoms with Crippen LogP contribution >= 0.6 is 0 Å². The highest BCUT2D eigenvalue weighted by Crippen LogP contribution is 2.27. The van der Waals surface area contributed by atoms with Crippen molar-refractivity contribution in [2.24, 2.45) is 0 Å². The van der Waals surface area contributed by atoms with Crippen molar-refractivity contribution >= 4 is 33.6 Å². The van der Waals surface area contributed by atoms with Gasteiger partial charge in [0.05, 0.1) is 42.9 Å². The number of nitrogens with one attached hydrogen (secondary N) is 1. The van der Waals surface area contributed by atoms with Gasteiger partial charge in [0.2, 0.25) is 10.0 Å². The van der Waals surface area contributed by atoms with Gasteiger partial charge in [-0.2, -0.15) is 4.31 Å². The molecule has 1 N–H and O–H groups in total. The van der Waals surface area contributed by atoms with Crippen molar-refractivity contribution in [1.82, 2.24) is 4.31 Å². The first-order valence-electron chi connectivity index (χ1n) is 10.5. The molecule has 0 atom stereocenters. The number of benzene rings is 2. The first-order valence-corrected chi connectivity index (χ1v) is 12.0. The van der Waals surface area contributed by atoms with Gasteiger partial charge in [-0.15, -0.1) is 0 Å². The summed E-state index contributed by atoms with van der Waals surface area (Å²) in [5, 5.41) is 2.59. The Morgan fingerprint density at radius 1 is 0.853 bits per heavy atom. The summed E-state index contributed by atoms with van der Waals surface area (Å²) in [7, 11) is -0.0538. The van der Waals surface area contributed by atoms with Crippen molar-refractivity contribution < 1.29 is 37.0 Å². The summed E-state index contributed by atoms with van der Waals surface area (Å²) in [5.41, 5.74) is 0.131. The van der Waals surface area contributed by atoms with Gasteiger partial charge in [-0.3, -0.25) is 4.79 Å². The van der Waals surface area contributed by atoms with Crippen LogP contribution in [0, 0.1) is 0 Å². The fourth-order valence-electron chi connectivity index (χ4n) is 3.65. The molecule has 34 heavy (non-hydrogen) atoms. The highest BCUT2D eigenvalue weighted by molar-refractivity contribution is 7.89. The van der Waals surface area contributed by atoms with E-state index >= 15 is 0 Å². The van der Waals surface area contributed by atoms with Gasteiger partial charge >= 0.3 is 11.9 Å². The molecule has 1 fully saturated rings. The SMILES string of the molecule is COC(=O)c1cc(NC(=O)c2cc(S(=O)(=O)N3CCCCC3)ccc2OC)cc(C(=O)OC)c1. The topological polar surface area (TPSA) is 128 Å². The maximum Gasteiger partial charge on any atom is 0.337 e. The summed E-state index contributed by atoms with van der Waals surface area (Å²) in [5.74, 6) is -1.96. The number of carbonyl (C=O) groups is 3. The van der Waals surface area contributed by atoms with Crippen molar-refractivity contribution in [1.29, 1.82) is 0 Å². The van der Waals surface area contributed by atoms with E-state index in [2.05, 4.69) is 5.32 Å². The van der Waals surface area contributed by atoms with Crippen molar-refractivity contribution in [3.8, 4) is 5.75 Å². The van der Waals surface area contributed by atoms with E-state index in [4.69, 9.17) is 14.2 Å². The van der Waals surface area contributed by atoms with Gasteiger partial charge in [0.25, 0.3) is 5.91 Å². The minimum atomic E-state index is -3.78. The normalized spacial score (nSPS) is 14.2. The molecule has 0 saturated carbocycles. The van der Waals surface area contributed by atoms with Crippen LogP contribution in [0.5, 0.6) is 5.75 Å². The Labute approximate surface area is 197 Å². The fraction of sp³-hybridized carbons (Fsp3) is 0.348. The van der Waals surface area contributed by atoms with Crippen LogP contribution < -0.4 is 10.1 Å². The standard InChI is InChI=1S/C23H26N2O8S/c1-31-20-8-7-18(34(29,30)25-9-5-4-6-10-25)14-19(20)21(26)24-17-12-15(22(27)32-2)11-16(13-17)23(28)33-3/h7-8,11-14H,4-6,9-10H2,1-3H3,(H,24,26). The summed E-state index contributed by atoms with van der Waals surface area (Å²) in [6, 6.07) is 8.00. The second-order valence-corrected chi connectivity index (χ2v) is 9.50. The second kappa shape index (κ2) is 10.7. The van der Waals surface area contributed by atoms with E-state index in [1.807, 2.05) is 0 Å². The Hall–Kier alpha value is -3.44. The summed E-state index contributed by atoms with van der Waals surface area (Å²) in [4.78, 5) is 37.1. The third kappa shape index (κ3) is 5.37. The van der Waals surface area contributed by atoms with Gasteiger partial charge in [-0.05, 0) is 49.2 Å². The summed E-state index contributed by atoms with van der Waals surface area (Å²) in [6.45, 7) is 0.846. The van der Waals surface area contributed by atoms with Crippen LogP contribution in [0.25, 0.3) is 0 Å². The van der Waals surface area contributed by atoms with Crippen LogP contribution in [-0.2, 0) is 19.5 Å². The van der Waals surface area contributed by atoms with Gasteiger partial charge in [0.15, 0.2) is 0 Å². The Bertz CT molecular complexity index is 1170. The van der Waals surface area contributed by atoms with Crippen molar-refractivity contribution in [3.05, 3.63) is 53.1 Å². The number of methoxy groups -OCH3 is 3. The number of anilines is 1. The Kier molecular flexibility index (Phi) is 7.90. The van der Waals surface area contributed by atoms with Gasteiger partial charge in [-0.1, -0.05) is 6.42 Å². The minimum absolute atomic E-state index is 0.0223. The molecular weight excluding hydrogens is 464 g/mol. The predicted molar refractivity (Wildman–Crippen MR) is 123 cm³/mol. The molecule has 0 bridgehead atoms. The molecule has 10 nitrogen and oxygen atoms in total. The van der Waals surface area contributed by atoms with E-state index in [1.165, 1.54) is 62.0 Å². The smallest absolute Gasteiger partial charge is 0.337 e. The molecule has 0 spiro atoms. The highest BCUT2D eigenvalue weighted by atomic mass is 32.2. The maximum atomic E-state index is 13.1. The van der Waals surface area contributed by atoms with Crippen molar-refractivity contribution in [2.75, 3.05) is 39.7 Å². The van der Waals surface area contributed by atoms with E-state index in [0.29, 0.717) is 13.1 Å². The maximum absolute atomic E-state index is 13.1. The van der Waals surface area contributed by atoms with E-state index in [9.17, 15) is 22.8 Å². The molecule has 11 heteroatoms. The average Bonchev–Trinajstić information content (AvgIpc) is 2.87. The quantitative estimate of drug-likeness (QED) is 0.587. The lowest BCUT2D eigenvalue weighted by Crippen LogP contribution is -2.35. The number of esters is 2. The zero-order valence-corrected chi connectivity index (χ0v) is 19.9. The van der Waals surface area contributed by atoms with Crippen LogP contribution in [0.2, 0.25) is 0 Å². The number of amides is 1. The zero-order valence-electron chi connectivity index (χ0n) is 19.1. The Morgan fingerprint density at radius 3 is 1.97 bits per heavy atom. The number of rotatable bonds is 7. The lowest BCUT2D eigenvalue weighted by Gasteiger charge is -2.26. The molecular formula is C23H26N2O8S. The predicted octanol–water partition coefficient (Wildman–Crippen LogP) is 2.70. The summed E-state index contributed by atoms with van der Waals surface area (Å²) in [6.07, 6.45) is 2.53. The molecule has 1 amide bonds. The molecule has 1 aliphatic rings. The minimum Gasteiger partial charge on any atom is -0.496 e. The first-order chi connectivity index (χ1) is 16.2. The average molecular weight is 491 g/mol. The molecule has 0 aliphatic carbocycles. The number of sulfonamides is 1. The molecule has 1 saturated heterocycles. The number of hydrogen-bond donors (Lipinski definition) is 1. The van der Waals surface area contributed by atoms with Crippen molar-refractivity contribution in [2.45, 2.75) is 24.2 Å². The van der Waals surface area contributed by atoms with Crippen LogP contribution in [0.1, 0.15) is 50.3 Å². The molecule has 1 heterocycles. The molecule has 2 aromatic rings. The number of nitrogens with zero attached hydrogens (tertiary/aromatic N) is 1. The van der Waals surface area contributed by atoms with Crippen LogP contribution in [0.3, 0.4) is 0 Å². The number of hydrogen-bond acceptors (Lipinski definition) is 8. The zero-order chi connectivity index (χ0) is 24.9. The van der Waals surface area contributed by atoms with Gasteiger partial charge in [0.1, 0.15) is 5.75 Å². The van der Waals surface area contributed by atoms with Crippen LogP contribution in [0.15, 0.2) is 41.3 Å². The third-order valence-corrected chi connectivity index (χ3v) is 7.30. The third-order valence-electron chi connectivity index (χ3n) is 5.40. The molecule has 0 radical (unpaired) electrons. The van der Waals surface area contributed by atoms with E-state index < -0.39 is 27.9 Å². The molecule has 182 valence electrons. The first kappa shape index (κ1) is 25.2. The van der Waals surface area contributed by atoms with Gasteiger partial charge in [-0.25, -0.2) is 18.0 Å². The van der Waals surface area contributed by atoms with E-state index in [-0.39, 0.29) is 33.0 Å². The lowest BCUT2D eigenvalue weighted by molar-refractivity contribution is 0.0598. The molecule has 2 aromatic carbocycles. The van der Waals surface area contributed by atoms with E-state index in [0.717, 1.165) is 19.3 Å². The summed E-state index contributed by atoms with van der Waals surface area (Å²) >= 11 is 0. The Morgan fingerprint density at radius 2 is 1.44 bits per heavy atom. The summed E-state index contributed by atoms with van der Waals surface area (Å²) < 4.78 is 42.2. The fourth-order valence-corrected chi connectivity index (χ4v) is 5.19. The Balaban J connectivity index is 1.97. The monoisotopic (exact) mass is 490 g/mol. The van der Waals surface area contributed by atoms with Crippen LogP contribution in [0.4, 0.5) is 5.69 Å². The van der Waals surface area contributed by atoms with Gasteiger partial charge in [0, 0.05) is 18.8 Å². The number of carbonyl (C=O) groups excluding carboxylic acids is 3. The molecule has 0 unspecified atom stereocenters. The molecule has 1 aliphatic heterocycles. The lowest BCUT2D eigenvalue weighted by atomic mass is 10.1. The molecule has 0 aromatic heterocycles. The number of piperidine rings is 1. The highest BCUT2D eigenvalue weighted by Gasteiger charge is 2.28. The van der Waals surface area contributed by atoms with Crippen LogP contribution in [-0.4, -0.2) is 65.0 Å². The largest absolute Gasteiger partial charge is 0.496 e. The molecule has 3 rings (SSSR count). The number of ether oxygens (including phenoxy) is 3. The van der Waals surface area contributed by atoms with E-state index in [1.54, 1.807) is 0 Å². The van der Waals surface area contributed by atoms with Crippen molar-refractivity contribution in [3.63, 3.8) is 0 Å².